The zero-order valence-electron chi connectivity index (χ0n) is 18.2. The molecule has 164 valence electrons. The van der Waals surface area contributed by atoms with Crippen molar-refractivity contribution in [3.8, 4) is 11.5 Å². The van der Waals surface area contributed by atoms with Gasteiger partial charge in [0.25, 0.3) is 5.91 Å². The van der Waals surface area contributed by atoms with E-state index in [-0.39, 0.29) is 5.91 Å². The molecule has 0 aliphatic rings. The Morgan fingerprint density at radius 3 is 2.27 bits per heavy atom. The maximum atomic E-state index is 12.7. The van der Waals surface area contributed by atoms with Gasteiger partial charge in [-0.1, -0.05) is 48.0 Å². The molecule has 4 aromatic carbocycles. The van der Waals surface area contributed by atoms with E-state index < -0.39 is 5.97 Å². The summed E-state index contributed by atoms with van der Waals surface area (Å²) >= 11 is 0. The third kappa shape index (κ3) is 5.07. The molecule has 1 amide bonds. The van der Waals surface area contributed by atoms with Gasteiger partial charge in [-0.25, -0.2) is 10.2 Å². The van der Waals surface area contributed by atoms with Crippen molar-refractivity contribution in [1.82, 2.24) is 5.43 Å². The largest absolute Gasteiger partial charge is 0.497 e. The highest BCUT2D eigenvalue weighted by atomic mass is 16.5. The van der Waals surface area contributed by atoms with Gasteiger partial charge in [0.1, 0.15) is 11.5 Å². The van der Waals surface area contributed by atoms with Crippen molar-refractivity contribution >= 4 is 28.9 Å². The van der Waals surface area contributed by atoms with Gasteiger partial charge in [-0.3, -0.25) is 4.79 Å². The second kappa shape index (κ2) is 9.78. The van der Waals surface area contributed by atoms with E-state index in [4.69, 9.17) is 9.47 Å². The van der Waals surface area contributed by atoms with Crippen LogP contribution < -0.4 is 14.9 Å². The quantitative estimate of drug-likeness (QED) is 0.196. The first kappa shape index (κ1) is 21.8. The number of aryl methyl sites for hydroxylation is 1. The van der Waals surface area contributed by atoms with Gasteiger partial charge >= 0.3 is 5.97 Å². The van der Waals surface area contributed by atoms with Gasteiger partial charge in [0.05, 0.1) is 18.9 Å². The smallest absolute Gasteiger partial charge is 0.343 e. The minimum absolute atomic E-state index is 0.349. The summed E-state index contributed by atoms with van der Waals surface area (Å²) in [7, 11) is 1.56. The fourth-order valence-electron chi connectivity index (χ4n) is 3.31. The number of nitrogens with zero attached hydrogens (tertiary/aromatic N) is 1. The normalized spacial score (nSPS) is 10.8. The molecule has 0 spiro atoms. The minimum Gasteiger partial charge on any atom is -0.497 e. The van der Waals surface area contributed by atoms with E-state index in [1.165, 1.54) is 6.21 Å². The lowest BCUT2D eigenvalue weighted by Gasteiger charge is -2.11. The number of esters is 1. The van der Waals surface area contributed by atoms with Crippen LogP contribution in [0.1, 0.15) is 31.8 Å². The summed E-state index contributed by atoms with van der Waals surface area (Å²) in [5.74, 6) is 0.169. The molecule has 4 rings (SSSR count). The number of ether oxygens (including phenoxy) is 2. The Hall–Kier alpha value is -4.45. The average molecular weight is 438 g/mol. The SMILES string of the molecule is COc1ccc(C(=O)N/N=C\c2c(OC(=O)c3ccc(C)cc3)ccc3ccccc23)cc1. The van der Waals surface area contributed by atoms with Crippen LogP contribution in [0.5, 0.6) is 11.5 Å². The van der Waals surface area contributed by atoms with Crippen LogP contribution in [-0.2, 0) is 0 Å². The first-order valence-electron chi connectivity index (χ1n) is 10.3. The molecule has 0 saturated heterocycles. The number of hydrogen-bond donors (Lipinski definition) is 1. The lowest BCUT2D eigenvalue weighted by Crippen LogP contribution is -2.17. The van der Waals surface area contributed by atoms with Crippen molar-refractivity contribution in [3.05, 3.63) is 107 Å². The van der Waals surface area contributed by atoms with Crippen LogP contribution in [0.15, 0.2) is 90.0 Å². The van der Waals surface area contributed by atoms with E-state index >= 15 is 0 Å². The maximum Gasteiger partial charge on any atom is 0.343 e. The number of hydrazone groups is 1. The van der Waals surface area contributed by atoms with Gasteiger partial charge in [-0.15, -0.1) is 0 Å². The molecule has 0 atom stereocenters. The number of hydrogen-bond acceptors (Lipinski definition) is 5. The van der Waals surface area contributed by atoms with Gasteiger partial charge in [0.2, 0.25) is 0 Å². The third-order valence-corrected chi connectivity index (χ3v) is 5.13. The molecule has 4 aromatic rings. The highest BCUT2D eigenvalue weighted by Gasteiger charge is 2.14. The van der Waals surface area contributed by atoms with Gasteiger partial charge in [0.15, 0.2) is 0 Å². The molecular weight excluding hydrogens is 416 g/mol. The zero-order valence-corrected chi connectivity index (χ0v) is 18.2. The van der Waals surface area contributed by atoms with Crippen molar-refractivity contribution < 1.29 is 19.1 Å². The Labute approximate surface area is 191 Å². The zero-order chi connectivity index (χ0) is 23.2. The molecule has 0 heterocycles. The van der Waals surface area contributed by atoms with Gasteiger partial charge in [-0.2, -0.15) is 5.10 Å². The summed E-state index contributed by atoms with van der Waals surface area (Å²) in [5.41, 5.74) is 5.05. The summed E-state index contributed by atoms with van der Waals surface area (Å²) in [4.78, 5) is 25.1. The van der Waals surface area contributed by atoms with Gasteiger partial charge in [-0.05, 0) is 60.2 Å². The molecule has 6 heteroatoms. The second-order valence-electron chi connectivity index (χ2n) is 7.38. The van der Waals surface area contributed by atoms with Crippen molar-refractivity contribution in [2.24, 2.45) is 5.10 Å². The number of carbonyl (C=O) groups is 2. The fraction of sp³-hybridized carbons (Fsp3) is 0.0741. The average Bonchev–Trinajstić information content (AvgIpc) is 2.85. The number of nitrogens with one attached hydrogen (secondary N) is 1. The van der Waals surface area contributed by atoms with Crippen LogP contribution >= 0.6 is 0 Å². The van der Waals surface area contributed by atoms with Gasteiger partial charge < -0.3 is 9.47 Å². The van der Waals surface area contributed by atoms with Crippen molar-refractivity contribution in [1.29, 1.82) is 0 Å². The van der Waals surface area contributed by atoms with Gasteiger partial charge in [0, 0.05) is 11.1 Å². The van der Waals surface area contributed by atoms with Crippen LogP contribution in [0.3, 0.4) is 0 Å². The van der Waals surface area contributed by atoms with Crippen molar-refractivity contribution in [2.75, 3.05) is 7.11 Å². The molecule has 0 aliphatic carbocycles. The monoisotopic (exact) mass is 438 g/mol. The third-order valence-electron chi connectivity index (χ3n) is 5.13. The molecule has 0 bridgehead atoms. The highest BCUT2D eigenvalue weighted by Crippen LogP contribution is 2.27. The van der Waals surface area contributed by atoms with Crippen molar-refractivity contribution in [3.63, 3.8) is 0 Å². The van der Waals surface area contributed by atoms with Crippen LogP contribution in [0, 0.1) is 6.92 Å². The predicted molar refractivity (Wildman–Crippen MR) is 128 cm³/mol. The summed E-state index contributed by atoms with van der Waals surface area (Å²) in [6.45, 7) is 1.95. The Bertz CT molecular complexity index is 1330. The standard InChI is InChI=1S/C27H22N2O4/c1-18-7-9-21(10-8-18)27(31)33-25-16-13-19-5-3-4-6-23(19)24(25)17-28-29-26(30)20-11-14-22(32-2)15-12-20/h3-17H,1-2H3,(H,29,30)/b28-17-. The molecule has 0 aliphatic heterocycles. The number of fused-ring (bicyclic) bond motifs is 1. The summed E-state index contributed by atoms with van der Waals surface area (Å²) < 4.78 is 10.8. The molecular formula is C27H22N2O4. The van der Waals surface area contributed by atoms with Crippen LogP contribution in [-0.4, -0.2) is 25.2 Å². The molecule has 0 aromatic heterocycles. The van der Waals surface area contributed by atoms with Crippen LogP contribution in [0.4, 0.5) is 0 Å². The Kier molecular flexibility index (Phi) is 6.45. The lowest BCUT2D eigenvalue weighted by molar-refractivity contribution is 0.0734. The number of amides is 1. The summed E-state index contributed by atoms with van der Waals surface area (Å²) in [6.07, 6.45) is 1.49. The summed E-state index contributed by atoms with van der Waals surface area (Å²) in [6, 6.07) is 25.1. The Morgan fingerprint density at radius 2 is 1.55 bits per heavy atom. The Balaban J connectivity index is 1.60. The highest BCUT2D eigenvalue weighted by molar-refractivity contribution is 6.04. The van der Waals surface area contributed by atoms with Crippen LogP contribution in [0.25, 0.3) is 10.8 Å². The van der Waals surface area contributed by atoms with E-state index in [0.29, 0.717) is 28.2 Å². The topological polar surface area (TPSA) is 77.0 Å². The predicted octanol–water partition coefficient (Wildman–Crippen LogP) is 5.14. The molecule has 0 fully saturated rings. The number of benzene rings is 4. The van der Waals surface area contributed by atoms with Crippen LogP contribution in [0.2, 0.25) is 0 Å². The second-order valence-corrected chi connectivity index (χ2v) is 7.38. The Morgan fingerprint density at radius 1 is 0.848 bits per heavy atom. The number of methoxy groups -OCH3 is 1. The van der Waals surface area contributed by atoms with E-state index in [1.54, 1.807) is 49.6 Å². The molecule has 6 nitrogen and oxygen atoms in total. The minimum atomic E-state index is -0.470. The lowest BCUT2D eigenvalue weighted by atomic mass is 10.0. The number of rotatable bonds is 6. The van der Waals surface area contributed by atoms with E-state index in [9.17, 15) is 9.59 Å². The molecule has 0 saturated carbocycles. The van der Waals surface area contributed by atoms with E-state index in [0.717, 1.165) is 16.3 Å². The van der Waals surface area contributed by atoms with Crippen molar-refractivity contribution in [2.45, 2.75) is 6.92 Å². The van der Waals surface area contributed by atoms with E-state index in [1.807, 2.05) is 49.4 Å². The molecule has 0 radical (unpaired) electrons. The fourth-order valence-corrected chi connectivity index (χ4v) is 3.31. The molecule has 33 heavy (non-hydrogen) atoms. The first-order valence-corrected chi connectivity index (χ1v) is 10.3. The maximum absolute atomic E-state index is 12.7. The van der Waals surface area contributed by atoms with E-state index in [2.05, 4.69) is 10.5 Å². The molecule has 0 unspecified atom stereocenters. The summed E-state index contributed by atoms with van der Waals surface area (Å²) in [5, 5.41) is 5.91. The number of carbonyl (C=O) groups excluding carboxylic acids is 2. The first-order chi connectivity index (χ1) is 16.0. The molecule has 1 N–H and O–H groups in total.